The van der Waals surface area contributed by atoms with E-state index >= 15 is 0 Å². The van der Waals surface area contributed by atoms with Crippen LogP contribution in [0.4, 0.5) is 0 Å². The first-order chi connectivity index (χ1) is 9.16. The third-order valence-electron chi connectivity index (χ3n) is 3.25. The van der Waals surface area contributed by atoms with E-state index in [-0.39, 0.29) is 0 Å². The largest absolute Gasteiger partial charge is 0.366 e. The number of para-hydroxylation sites is 1. The molecule has 0 aliphatic carbocycles. The average molecular weight is 251 g/mol. The van der Waals surface area contributed by atoms with Gasteiger partial charge in [0.25, 0.3) is 0 Å². The average Bonchev–Trinajstić information content (AvgIpc) is 2.84. The van der Waals surface area contributed by atoms with Gasteiger partial charge in [-0.15, -0.1) is 0 Å². The van der Waals surface area contributed by atoms with E-state index in [1.165, 1.54) is 11.8 Å². The van der Waals surface area contributed by atoms with Crippen molar-refractivity contribution in [3.05, 3.63) is 53.9 Å². The number of hydrogen-bond donors (Lipinski definition) is 2. The minimum atomic E-state index is -0.464. The normalized spacial score (nSPS) is 10.8. The van der Waals surface area contributed by atoms with Crippen LogP contribution in [0.1, 0.15) is 15.9 Å². The van der Waals surface area contributed by atoms with E-state index in [9.17, 15) is 4.79 Å². The lowest BCUT2D eigenvalue weighted by Gasteiger charge is -2.01. The summed E-state index contributed by atoms with van der Waals surface area (Å²) >= 11 is 0. The highest BCUT2D eigenvalue weighted by molar-refractivity contribution is 5.97. The zero-order valence-corrected chi connectivity index (χ0v) is 10.5. The second-order valence-electron chi connectivity index (χ2n) is 4.50. The van der Waals surface area contributed by atoms with Crippen LogP contribution in [0.2, 0.25) is 0 Å². The topological polar surface area (TPSA) is 71.8 Å². The fourth-order valence-electron chi connectivity index (χ4n) is 2.22. The number of rotatable bonds is 2. The molecule has 0 unspecified atom stereocenters. The van der Waals surface area contributed by atoms with Crippen molar-refractivity contribution in [3.8, 4) is 11.3 Å². The van der Waals surface area contributed by atoms with Gasteiger partial charge in [0.15, 0.2) is 0 Å². The van der Waals surface area contributed by atoms with Crippen LogP contribution in [0.5, 0.6) is 0 Å². The number of aryl methyl sites for hydroxylation is 1. The maximum atomic E-state index is 11.0. The molecular formula is C15H13N3O. The highest BCUT2D eigenvalue weighted by Crippen LogP contribution is 2.28. The molecule has 94 valence electrons. The standard InChI is InChI=1S/C15H13N3O/c1-9-3-2-4-11-12(8-18-14(9)11)13-6-5-10(7-17-13)15(16)19/h2-8,18H,1H3,(H2,16,19). The van der Waals surface area contributed by atoms with Crippen molar-refractivity contribution in [1.29, 1.82) is 0 Å². The Labute approximate surface area is 110 Å². The van der Waals surface area contributed by atoms with E-state index in [1.54, 1.807) is 6.07 Å². The number of carbonyl (C=O) groups excluding carboxylic acids is 1. The predicted molar refractivity (Wildman–Crippen MR) is 74.8 cm³/mol. The Hall–Kier alpha value is -2.62. The summed E-state index contributed by atoms with van der Waals surface area (Å²) in [4.78, 5) is 18.6. The molecule has 0 atom stereocenters. The van der Waals surface area contributed by atoms with Crippen molar-refractivity contribution in [2.45, 2.75) is 6.92 Å². The second kappa shape index (κ2) is 4.24. The Balaban J connectivity index is 2.14. The van der Waals surface area contributed by atoms with Crippen LogP contribution in [0.3, 0.4) is 0 Å². The smallest absolute Gasteiger partial charge is 0.250 e. The highest BCUT2D eigenvalue weighted by atomic mass is 16.1. The van der Waals surface area contributed by atoms with Crippen LogP contribution in [-0.4, -0.2) is 15.9 Å². The van der Waals surface area contributed by atoms with Gasteiger partial charge in [0.2, 0.25) is 5.91 Å². The number of primary amides is 1. The van der Waals surface area contributed by atoms with Crippen LogP contribution in [0.15, 0.2) is 42.7 Å². The zero-order chi connectivity index (χ0) is 13.4. The lowest BCUT2D eigenvalue weighted by molar-refractivity contribution is 0.1000. The van der Waals surface area contributed by atoms with Gasteiger partial charge in [-0.05, 0) is 24.6 Å². The molecule has 3 aromatic rings. The molecule has 4 nitrogen and oxygen atoms in total. The van der Waals surface area contributed by atoms with E-state index in [1.807, 2.05) is 18.3 Å². The number of nitrogens with one attached hydrogen (secondary N) is 1. The molecule has 0 aliphatic heterocycles. The number of aromatic nitrogens is 2. The molecule has 0 bridgehead atoms. The molecule has 0 spiro atoms. The van der Waals surface area contributed by atoms with Crippen LogP contribution < -0.4 is 5.73 Å². The SMILES string of the molecule is Cc1cccc2c(-c3ccc(C(N)=O)cn3)c[nH]c12. The molecule has 0 radical (unpaired) electrons. The maximum absolute atomic E-state index is 11.0. The van der Waals surface area contributed by atoms with E-state index < -0.39 is 5.91 Å². The number of H-pyrrole nitrogens is 1. The van der Waals surface area contributed by atoms with Crippen molar-refractivity contribution in [2.24, 2.45) is 5.73 Å². The van der Waals surface area contributed by atoms with Gasteiger partial charge in [-0.3, -0.25) is 9.78 Å². The van der Waals surface area contributed by atoms with Gasteiger partial charge < -0.3 is 10.7 Å². The highest BCUT2D eigenvalue weighted by Gasteiger charge is 2.09. The molecular weight excluding hydrogens is 238 g/mol. The molecule has 2 heterocycles. The van der Waals surface area contributed by atoms with Gasteiger partial charge in [0.05, 0.1) is 11.3 Å². The van der Waals surface area contributed by atoms with Crippen LogP contribution >= 0.6 is 0 Å². The van der Waals surface area contributed by atoms with Gasteiger partial charge in [0.1, 0.15) is 0 Å². The minimum absolute atomic E-state index is 0.416. The van der Waals surface area contributed by atoms with E-state index in [4.69, 9.17) is 5.73 Å². The number of nitrogens with two attached hydrogens (primary N) is 1. The third-order valence-corrected chi connectivity index (χ3v) is 3.25. The first kappa shape index (κ1) is 11.5. The van der Waals surface area contributed by atoms with Gasteiger partial charge >= 0.3 is 0 Å². The van der Waals surface area contributed by atoms with Crippen molar-refractivity contribution in [2.75, 3.05) is 0 Å². The fourth-order valence-corrected chi connectivity index (χ4v) is 2.22. The number of fused-ring (bicyclic) bond motifs is 1. The maximum Gasteiger partial charge on any atom is 0.250 e. The number of carbonyl (C=O) groups is 1. The Morgan fingerprint density at radius 1 is 1.26 bits per heavy atom. The van der Waals surface area contributed by atoms with Gasteiger partial charge in [-0.1, -0.05) is 18.2 Å². The summed E-state index contributed by atoms with van der Waals surface area (Å²) in [6.45, 7) is 2.06. The van der Waals surface area contributed by atoms with Gasteiger partial charge in [-0.25, -0.2) is 0 Å². The summed E-state index contributed by atoms with van der Waals surface area (Å²) in [5.74, 6) is -0.464. The molecule has 19 heavy (non-hydrogen) atoms. The Morgan fingerprint density at radius 3 is 2.79 bits per heavy atom. The van der Waals surface area contributed by atoms with Crippen molar-refractivity contribution < 1.29 is 4.79 Å². The molecule has 3 N–H and O–H groups in total. The van der Waals surface area contributed by atoms with E-state index in [0.29, 0.717) is 5.56 Å². The lowest BCUT2D eigenvalue weighted by Crippen LogP contribution is -2.10. The van der Waals surface area contributed by atoms with Crippen molar-refractivity contribution in [3.63, 3.8) is 0 Å². The summed E-state index contributed by atoms with van der Waals surface area (Å²) in [5, 5.41) is 1.12. The molecule has 1 amide bonds. The number of amides is 1. The summed E-state index contributed by atoms with van der Waals surface area (Å²) in [7, 11) is 0. The molecule has 4 heteroatoms. The summed E-state index contributed by atoms with van der Waals surface area (Å²) < 4.78 is 0. The molecule has 0 aliphatic rings. The van der Waals surface area contributed by atoms with Crippen LogP contribution in [0.25, 0.3) is 22.2 Å². The molecule has 0 saturated carbocycles. The zero-order valence-electron chi connectivity index (χ0n) is 10.5. The first-order valence-electron chi connectivity index (χ1n) is 6.00. The molecule has 1 aromatic carbocycles. The Morgan fingerprint density at radius 2 is 2.11 bits per heavy atom. The minimum Gasteiger partial charge on any atom is -0.366 e. The number of aromatic amines is 1. The van der Waals surface area contributed by atoms with Gasteiger partial charge in [0, 0.05) is 28.9 Å². The van der Waals surface area contributed by atoms with Crippen molar-refractivity contribution >= 4 is 16.8 Å². The van der Waals surface area contributed by atoms with Crippen LogP contribution in [0, 0.1) is 6.92 Å². The van der Waals surface area contributed by atoms with Gasteiger partial charge in [-0.2, -0.15) is 0 Å². The van der Waals surface area contributed by atoms with E-state index in [2.05, 4.69) is 29.0 Å². The molecule has 3 rings (SSSR count). The molecule has 0 fully saturated rings. The number of hydrogen-bond acceptors (Lipinski definition) is 2. The summed E-state index contributed by atoms with van der Waals surface area (Å²) in [6.07, 6.45) is 3.44. The summed E-state index contributed by atoms with van der Waals surface area (Å²) in [5.41, 5.74) is 9.77. The number of nitrogens with zero attached hydrogens (tertiary/aromatic N) is 1. The first-order valence-corrected chi connectivity index (χ1v) is 6.00. The second-order valence-corrected chi connectivity index (χ2v) is 4.50. The van der Waals surface area contributed by atoms with Crippen LogP contribution in [-0.2, 0) is 0 Å². The molecule has 0 saturated heterocycles. The number of benzene rings is 1. The fraction of sp³-hybridized carbons (Fsp3) is 0.0667. The Kier molecular flexibility index (Phi) is 2.56. The molecule has 2 aromatic heterocycles. The third kappa shape index (κ3) is 1.87. The monoisotopic (exact) mass is 251 g/mol. The quantitative estimate of drug-likeness (QED) is 0.735. The number of pyridine rings is 1. The summed E-state index contributed by atoms with van der Waals surface area (Å²) in [6, 6.07) is 9.64. The Bertz CT molecular complexity index is 757. The predicted octanol–water partition coefficient (Wildman–Crippen LogP) is 2.64. The van der Waals surface area contributed by atoms with Crippen molar-refractivity contribution in [1.82, 2.24) is 9.97 Å². The van der Waals surface area contributed by atoms with E-state index in [0.717, 1.165) is 22.2 Å². The lowest BCUT2D eigenvalue weighted by atomic mass is 10.1.